The van der Waals surface area contributed by atoms with E-state index >= 15 is 0 Å². The smallest absolute Gasteiger partial charge is 0.387 e. The number of halogens is 2. The molecule has 0 bridgehead atoms. The molecule has 1 unspecified atom stereocenters. The van der Waals surface area contributed by atoms with Crippen LogP contribution in [0.5, 0.6) is 17.4 Å². The van der Waals surface area contributed by atoms with Crippen molar-refractivity contribution in [2.45, 2.75) is 19.6 Å². The fraction of sp³-hybridized carbons (Fsp3) is 0.136. The number of esters is 1. The number of anilines is 1. The lowest BCUT2D eigenvalue weighted by atomic mass is 10.2. The van der Waals surface area contributed by atoms with Crippen molar-refractivity contribution in [3.8, 4) is 17.4 Å². The van der Waals surface area contributed by atoms with Gasteiger partial charge < -0.3 is 19.5 Å². The zero-order valence-corrected chi connectivity index (χ0v) is 16.3. The minimum Gasteiger partial charge on any atom is -0.449 e. The molecule has 0 aliphatic carbocycles. The van der Waals surface area contributed by atoms with Crippen LogP contribution in [-0.4, -0.2) is 29.6 Å². The number of rotatable bonds is 8. The van der Waals surface area contributed by atoms with Gasteiger partial charge in [0, 0.05) is 6.20 Å². The Morgan fingerprint density at radius 2 is 1.68 bits per heavy atom. The van der Waals surface area contributed by atoms with E-state index in [-0.39, 0.29) is 22.9 Å². The molecule has 1 aromatic heterocycles. The Balaban J connectivity index is 1.68. The highest BCUT2D eigenvalue weighted by atomic mass is 19.3. The number of alkyl halides is 2. The Hall–Kier alpha value is -4.01. The van der Waals surface area contributed by atoms with Crippen molar-refractivity contribution in [2.75, 3.05) is 5.32 Å². The predicted molar refractivity (Wildman–Crippen MR) is 107 cm³/mol. The van der Waals surface area contributed by atoms with Crippen LogP contribution >= 0.6 is 0 Å². The van der Waals surface area contributed by atoms with Gasteiger partial charge in [-0.2, -0.15) is 8.78 Å². The number of pyridine rings is 1. The van der Waals surface area contributed by atoms with E-state index in [4.69, 9.17) is 9.47 Å². The molecule has 3 aromatic rings. The van der Waals surface area contributed by atoms with Crippen LogP contribution in [-0.2, 0) is 9.53 Å². The lowest BCUT2D eigenvalue weighted by Crippen LogP contribution is -2.30. The van der Waals surface area contributed by atoms with E-state index in [2.05, 4.69) is 15.0 Å². The first kappa shape index (κ1) is 21.7. The number of aromatic nitrogens is 1. The van der Waals surface area contributed by atoms with Gasteiger partial charge in [-0.1, -0.05) is 30.3 Å². The van der Waals surface area contributed by atoms with Crippen molar-refractivity contribution in [2.24, 2.45) is 0 Å². The third kappa shape index (κ3) is 5.99. The molecule has 160 valence electrons. The third-order valence-electron chi connectivity index (χ3n) is 3.96. The molecule has 1 amide bonds. The van der Waals surface area contributed by atoms with E-state index in [9.17, 15) is 18.4 Å². The van der Waals surface area contributed by atoms with Gasteiger partial charge in [-0.05, 0) is 43.3 Å². The van der Waals surface area contributed by atoms with Gasteiger partial charge >= 0.3 is 12.6 Å². The Kier molecular flexibility index (Phi) is 7.10. The molecule has 0 fully saturated rings. The SMILES string of the molecule is CC(OC(=O)c1cccnc1Oc1ccccc1)C(=O)Nc1ccccc1OC(F)F. The summed E-state index contributed by atoms with van der Waals surface area (Å²) >= 11 is 0. The first-order valence-corrected chi connectivity index (χ1v) is 9.17. The summed E-state index contributed by atoms with van der Waals surface area (Å²) in [5, 5.41) is 2.41. The highest BCUT2D eigenvalue weighted by molar-refractivity contribution is 5.98. The van der Waals surface area contributed by atoms with Crippen LogP contribution in [0.25, 0.3) is 0 Å². The van der Waals surface area contributed by atoms with Crippen LogP contribution in [0, 0.1) is 0 Å². The third-order valence-corrected chi connectivity index (χ3v) is 3.96. The molecule has 2 aromatic carbocycles. The molecule has 0 aliphatic heterocycles. The zero-order chi connectivity index (χ0) is 22.2. The number of nitrogens with zero attached hydrogens (tertiary/aromatic N) is 1. The predicted octanol–water partition coefficient (Wildman–Crippen LogP) is 4.66. The molecule has 3 rings (SSSR count). The summed E-state index contributed by atoms with van der Waals surface area (Å²) in [4.78, 5) is 29.0. The maximum absolute atomic E-state index is 12.6. The van der Waals surface area contributed by atoms with Crippen LogP contribution in [0.15, 0.2) is 72.9 Å². The molecule has 0 saturated carbocycles. The number of carbonyl (C=O) groups excluding carboxylic acids is 2. The zero-order valence-electron chi connectivity index (χ0n) is 16.3. The van der Waals surface area contributed by atoms with E-state index in [1.807, 2.05) is 6.07 Å². The molecule has 0 saturated heterocycles. The van der Waals surface area contributed by atoms with Crippen molar-refractivity contribution in [1.82, 2.24) is 4.98 Å². The van der Waals surface area contributed by atoms with Crippen LogP contribution in [0.4, 0.5) is 14.5 Å². The van der Waals surface area contributed by atoms with Gasteiger partial charge in [0.05, 0.1) is 5.69 Å². The van der Waals surface area contributed by atoms with Gasteiger partial charge in [-0.3, -0.25) is 4.79 Å². The van der Waals surface area contributed by atoms with Crippen LogP contribution in [0.3, 0.4) is 0 Å². The Morgan fingerprint density at radius 1 is 0.968 bits per heavy atom. The van der Waals surface area contributed by atoms with Crippen molar-refractivity contribution >= 4 is 17.6 Å². The highest BCUT2D eigenvalue weighted by Crippen LogP contribution is 2.26. The Bertz CT molecular complexity index is 1050. The van der Waals surface area contributed by atoms with Crippen molar-refractivity contribution < 1.29 is 32.6 Å². The second-order valence-electron chi connectivity index (χ2n) is 6.18. The molecule has 0 aliphatic rings. The van der Waals surface area contributed by atoms with Crippen LogP contribution < -0.4 is 14.8 Å². The molecule has 1 N–H and O–H groups in total. The number of hydrogen-bond donors (Lipinski definition) is 1. The highest BCUT2D eigenvalue weighted by Gasteiger charge is 2.23. The number of carbonyl (C=O) groups is 2. The Labute approximate surface area is 176 Å². The minimum absolute atomic E-state index is 0.0157. The summed E-state index contributed by atoms with van der Waals surface area (Å²) in [6.07, 6.45) is 0.211. The summed E-state index contributed by atoms with van der Waals surface area (Å²) in [7, 11) is 0. The summed E-state index contributed by atoms with van der Waals surface area (Å²) in [6, 6.07) is 17.4. The van der Waals surface area contributed by atoms with E-state index in [1.54, 1.807) is 24.3 Å². The van der Waals surface area contributed by atoms with E-state index in [0.717, 1.165) is 0 Å². The fourth-order valence-electron chi connectivity index (χ4n) is 2.51. The molecular formula is C22H18F2N2O5. The lowest BCUT2D eigenvalue weighted by Gasteiger charge is -2.16. The maximum Gasteiger partial charge on any atom is 0.387 e. The van der Waals surface area contributed by atoms with E-state index < -0.39 is 24.6 Å². The average Bonchev–Trinajstić information content (AvgIpc) is 2.75. The van der Waals surface area contributed by atoms with E-state index in [0.29, 0.717) is 5.75 Å². The number of nitrogens with one attached hydrogen (secondary N) is 1. The summed E-state index contributed by atoms with van der Waals surface area (Å²) in [5.74, 6) is -1.29. The minimum atomic E-state index is -3.05. The molecule has 7 nitrogen and oxygen atoms in total. The average molecular weight is 428 g/mol. The largest absolute Gasteiger partial charge is 0.449 e. The van der Waals surface area contributed by atoms with Gasteiger partial charge in [0.2, 0.25) is 5.88 Å². The number of para-hydroxylation sites is 3. The van der Waals surface area contributed by atoms with Gasteiger partial charge in [-0.25, -0.2) is 9.78 Å². The Morgan fingerprint density at radius 3 is 2.42 bits per heavy atom. The summed E-state index contributed by atoms with van der Waals surface area (Å²) in [6.45, 7) is -1.71. The normalized spacial score (nSPS) is 11.5. The van der Waals surface area contributed by atoms with Gasteiger partial charge in [-0.15, -0.1) is 0 Å². The van der Waals surface area contributed by atoms with Gasteiger partial charge in [0.25, 0.3) is 5.91 Å². The molecule has 0 radical (unpaired) electrons. The number of amides is 1. The molecule has 9 heteroatoms. The van der Waals surface area contributed by atoms with Crippen LogP contribution in [0.1, 0.15) is 17.3 Å². The standard InChI is InChI=1S/C22H18F2N2O5/c1-14(19(27)26-17-11-5-6-12-18(17)31-22(23)24)29-21(28)16-10-7-13-25-20(16)30-15-8-3-2-4-9-15/h2-14,22H,1H3,(H,26,27). The fourth-order valence-corrected chi connectivity index (χ4v) is 2.51. The van der Waals surface area contributed by atoms with Crippen molar-refractivity contribution in [3.05, 3.63) is 78.5 Å². The monoisotopic (exact) mass is 428 g/mol. The summed E-state index contributed by atoms with van der Waals surface area (Å²) in [5.41, 5.74) is 0.0395. The lowest BCUT2D eigenvalue weighted by molar-refractivity contribution is -0.123. The van der Waals surface area contributed by atoms with Gasteiger partial charge in [0.1, 0.15) is 17.1 Å². The molecule has 0 spiro atoms. The summed E-state index contributed by atoms with van der Waals surface area (Å²) < 4.78 is 40.3. The first-order chi connectivity index (χ1) is 14.9. The quantitative estimate of drug-likeness (QED) is 0.525. The number of benzene rings is 2. The van der Waals surface area contributed by atoms with Gasteiger partial charge in [0.15, 0.2) is 6.10 Å². The van der Waals surface area contributed by atoms with Crippen molar-refractivity contribution in [3.63, 3.8) is 0 Å². The molecular weight excluding hydrogens is 410 g/mol. The molecule has 1 atom stereocenters. The number of ether oxygens (including phenoxy) is 3. The first-order valence-electron chi connectivity index (χ1n) is 9.17. The second kappa shape index (κ2) is 10.1. The second-order valence-corrected chi connectivity index (χ2v) is 6.18. The van der Waals surface area contributed by atoms with E-state index in [1.165, 1.54) is 49.5 Å². The maximum atomic E-state index is 12.6. The topological polar surface area (TPSA) is 86.8 Å². The number of hydrogen-bond acceptors (Lipinski definition) is 6. The van der Waals surface area contributed by atoms with Crippen molar-refractivity contribution in [1.29, 1.82) is 0 Å². The molecule has 1 heterocycles. The molecule has 31 heavy (non-hydrogen) atoms. The van der Waals surface area contributed by atoms with Crippen LogP contribution in [0.2, 0.25) is 0 Å².